The molecule has 7 heteroatoms. The second kappa shape index (κ2) is 7.80. The van der Waals surface area contributed by atoms with Crippen LogP contribution in [0.1, 0.15) is 85.3 Å². The van der Waals surface area contributed by atoms with Gasteiger partial charge in [0, 0.05) is 65.4 Å². The summed E-state index contributed by atoms with van der Waals surface area (Å²) >= 11 is 0. The normalized spacial score (nSPS) is 20.6. The Bertz CT molecular complexity index is 1610. The van der Waals surface area contributed by atoms with E-state index in [1.165, 1.54) is 39.7 Å². The van der Waals surface area contributed by atoms with Crippen LogP contribution < -0.4 is 14.5 Å². The van der Waals surface area contributed by atoms with Crippen LogP contribution >= 0.6 is 0 Å². The number of carboxylic acids is 1. The minimum absolute atomic E-state index is 0.0904. The number of hydrogen-bond donors (Lipinski definition) is 1. The number of carbonyl (C=O) groups excluding carboxylic acids is 1. The highest BCUT2D eigenvalue weighted by atomic mass is 16.6. The second-order valence-corrected chi connectivity index (χ2v) is 12.1. The van der Waals surface area contributed by atoms with Crippen molar-refractivity contribution >= 4 is 23.3 Å². The van der Waals surface area contributed by atoms with Crippen molar-refractivity contribution in [2.45, 2.75) is 57.0 Å². The first kappa shape index (κ1) is 22.8. The molecule has 0 bridgehead atoms. The quantitative estimate of drug-likeness (QED) is 0.422. The average molecular weight is 535 g/mol. The number of nitrogens with zero attached hydrogens (tertiary/aromatic N) is 2. The number of aromatic carboxylic acids is 1. The lowest BCUT2D eigenvalue weighted by atomic mass is 9.72. The zero-order chi connectivity index (χ0) is 26.7. The lowest BCUT2D eigenvalue weighted by Crippen LogP contribution is -2.40. The lowest BCUT2D eigenvalue weighted by Gasteiger charge is -2.45. The summed E-state index contributed by atoms with van der Waals surface area (Å²) in [5, 5.41) is 9.70. The number of ether oxygens (including phenoxy) is 2. The maximum atomic E-state index is 13.7. The van der Waals surface area contributed by atoms with E-state index in [1.54, 1.807) is 12.1 Å². The van der Waals surface area contributed by atoms with Crippen molar-refractivity contribution in [3.63, 3.8) is 0 Å². The predicted octanol–water partition coefficient (Wildman–Crippen LogP) is 5.35. The van der Waals surface area contributed by atoms with Crippen molar-refractivity contribution < 1.29 is 24.2 Å². The molecule has 0 radical (unpaired) electrons. The van der Waals surface area contributed by atoms with Gasteiger partial charge in [0.2, 0.25) is 0 Å². The number of aryl methyl sites for hydroxylation is 2. The van der Waals surface area contributed by atoms with Crippen LogP contribution in [0.3, 0.4) is 0 Å². The molecule has 0 amide bonds. The van der Waals surface area contributed by atoms with Gasteiger partial charge < -0.3 is 24.4 Å². The van der Waals surface area contributed by atoms with Crippen LogP contribution in [0.15, 0.2) is 30.3 Å². The van der Waals surface area contributed by atoms with Crippen LogP contribution in [0, 0.1) is 0 Å². The Morgan fingerprint density at radius 1 is 0.750 bits per heavy atom. The third-order valence-electron chi connectivity index (χ3n) is 10.0. The van der Waals surface area contributed by atoms with Gasteiger partial charge in [-0.3, -0.25) is 0 Å². The summed E-state index contributed by atoms with van der Waals surface area (Å²) in [4.78, 5) is 30.5. The lowest BCUT2D eigenvalue weighted by molar-refractivity contribution is 0.0222. The van der Waals surface area contributed by atoms with Crippen LogP contribution in [0.4, 0.5) is 11.4 Å². The summed E-state index contributed by atoms with van der Waals surface area (Å²) in [5.41, 5.74) is 9.44. The van der Waals surface area contributed by atoms with E-state index < -0.39 is 17.5 Å². The Morgan fingerprint density at radius 2 is 1.30 bits per heavy atom. The molecule has 0 saturated carbocycles. The summed E-state index contributed by atoms with van der Waals surface area (Å²) in [7, 11) is 0. The van der Waals surface area contributed by atoms with Gasteiger partial charge >= 0.3 is 11.9 Å². The molecule has 6 aliphatic rings. The van der Waals surface area contributed by atoms with Crippen LogP contribution in [-0.4, -0.2) is 43.2 Å². The van der Waals surface area contributed by atoms with E-state index in [-0.39, 0.29) is 5.56 Å². The Balaban J connectivity index is 1.40. The topological polar surface area (TPSA) is 79.3 Å². The summed E-state index contributed by atoms with van der Waals surface area (Å²) in [5.74, 6) is 0.147. The molecule has 0 atom stereocenters. The Labute approximate surface area is 232 Å². The van der Waals surface area contributed by atoms with E-state index in [2.05, 4.69) is 21.9 Å². The fraction of sp³-hybridized carbons (Fsp3) is 0.394. The van der Waals surface area contributed by atoms with Crippen molar-refractivity contribution in [1.29, 1.82) is 0 Å². The van der Waals surface area contributed by atoms with Crippen molar-refractivity contribution in [2.75, 3.05) is 36.0 Å². The second-order valence-electron chi connectivity index (χ2n) is 12.1. The standard InChI is InChI=1S/C33H30N2O5/c36-31(37)20-9-10-24-23(15-20)32(38)40-33(24)25-16-18-5-1-11-34-13-3-7-21(27(18)34)29(25)39-30-22-8-4-14-35-12-2-6-19(28(22)35)17-26(30)33/h9-10,15-17H,1-8,11-14H2,(H,36,37). The Morgan fingerprint density at radius 3 is 1.85 bits per heavy atom. The highest BCUT2D eigenvalue weighted by Crippen LogP contribution is 2.61. The number of carbonyl (C=O) groups is 2. The summed E-state index contributed by atoms with van der Waals surface area (Å²) in [6.07, 6.45) is 8.15. The molecule has 3 aromatic rings. The van der Waals surface area contributed by atoms with Gasteiger partial charge in [-0.2, -0.15) is 0 Å². The maximum Gasteiger partial charge on any atom is 0.340 e. The van der Waals surface area contributed by atoms with Crippen molar-refractivity contribution in [3.05, 3.63) is 80.4 Å². The van der Waals surface area contributed by atoms with Gasteiger partial charge in [-0.1, -0.05) is 6.07 Å². The largest absolute Gasteiger partial charge is 0.478 e. The van der Waals surface area contributed by atoms with Crippen molar-refractivity contribution in [3.8, 4) is 11.5 Å². The number of esters is 1. The van der Waals surface area contributed by atoms with Crippen LogP contribution in [0.5, 0.6) is 11.5 Å². The van der Waals surface area contributed by atoms with Crippen molar-refractivity contribution in [2.24, 2.45) is 0 Å². The number of anilines is 2. The van der Waals surface area contributed by atoms with E-state index in [9.17, 15) is 14.7 Å². The monoisotopic (exact) mass is 534 g/mol. The van der Waals surface area contributed by atoms with E-state index in [4.69, 9.17) is 9.47 Å². The van der Waals surface area contributed by atoms with E-state index >= 15 is 0 Å². The maximum absolute atomic E-state index is 13.7. The molecule has 6 aliphatic heterocycles. The highest BCUT2D eigenvalue weighted by Gasteiger charge is 2.56. The molecule has 0 fully saturated rings. The molecule has 0 aliphatic carbocycles. The smallest absolute Gasteiger partial charge is 0.340 e. The van der Waals surface area contributed by atoms with Crippen LogP contribution in [0.25, 0.3) is 0 Å². The Hall–Kier alpha value is -4.00. The van der Waals surface area contributed by atoms with E-state index in [0.29, 0.717) is 5.56 Å². The zero-order valence-corrected chi connectivity index (χ0v) is 22.3. The molecule has 0 saturated heterocycles. The zero-order valence-electron chi connectivity index (χ0n) is 22.3. The number of rotatable bonds is 1. The molecule has 0 aromatic heterocycles. The van der Waals surface area contributed by atoms with Crippen LogP contribution in [-0.2, 0) is 36.0 Å². The third-order valence-corrected chi connectivity index (χ3v) is 10.0. The van der Waals surface area contributed by atoms with Gasteiger partial charge in [-0.05, 0) is 86.8 Å². The van der Waals surface area contributed by atoms with Gasteiger partial charge in [0.1, 0.15) is 11.5 Å². The van der Waals surface area contributed by atoms with Crippen molar-refractivity contribution in [1.82, 2.24) is 0 Å². The van der Waals surface area contributed by atoms with E-state index in [0.717, 1.165) is 106 Å². The number of benzene rings is 3. The molecule has 0 unspecified atom stereocenters. The fourth-order valence-corrected chi connectivity index (χ4v) is 8.47. The van der Waals surface area contributed by atoms with Gasteiger partial charge in [0.25, 0.3) is 0 Å². The first-order valence-corrected chi connectivity index (χ1v) is 14.7. The number of hydrogen-bond acceptors (Lipinski definition) is 6. The summed E-state index contributed by atoms with van der Waals surface area (Å²) in [6, 6.07) is 9.36. The SMILES string of the molecule is O=C(O)c1ccc2c(c1)C(=O)OC21c2cc3c4c(c2Oc2c1cc1c5c2CCCN5CCC1)CCCN4CCC3. The molecule has 1 N–H and O–H groups in total. The summed E-state index contributed by atoms with van der Waals surface area (Å²) in [6.45, 7) is 4.24. The highest BCUT2D eigenvalue weighted by molar-refractivity contribution is 6.00. The van der Waals surface area contributed by atoms with Gasteiger partial charge in [-0.15, -0.1) is 0 Å². The Kier molecular flexibility index (Phi) is 4.44. The van der Waals surface area contributed by atoms with Gasteiger partial charge in [-0.25, -0.2) is 9.59 Å². The van der Waals surface area contributed by atoms with Gasteiger partial charge in [0.05, 0.1) is 11.1 Å². The minimum Gasteiger partial charge on any atom is -0.478 e. The first-order valence-electron chi connectivity index (χ1n) is 14.7. The molecule has 9 rings (SSSR count). The van der Waals surface area contributed by atoms with E-state index in [1.807, 2.05) is 0 Å². The molecular formula is C33H30N2O5. The molecule has 40 heavy (non-hydrogen) atoms. The van der Waals surface area contributed by atoms with Crippen LogP contribution in [0.2, 0.25) is 0 Å². The average Bonchev–Trinajstić information content (AvgIpc) is 3.27. The minimum atomic E-state index is -1.16. The molecular weight excluding hydrogens is 504 g/mol. The molecule has 202 valence electrons. The molecule has 1 spiro atoms. The molecule has 7 nitrogen and oxygen atoms in total. The predicted molar refractivity (Wildman–Crippen MR) is 149 cm³/mol. The number of carboxylic acid groups (broad SMARTS) is 1. The van der Waals surface area contributed by atoms with Gasteiger partial charge in [0.15, 0.2) is 5.60 Å². The number of fused-ring (bicyclic) bond motifs is 8. The summed E-state index contributed by atoms with van der Waals surface area (Å²) < 4.78 is 13.7. The third kappa shape index (κ3) is 2.75. The fourth-order valence-electron chi connectivity index (χ4n) is 8.47. The first-order chi connectivity index (χ1) is 19.5. The molecule has 6 heterocycles. The molecule has 3 aromatic carbocycles.